The summed E-state index contributed by atoms with van der Waals surface area (Å²) < 4.78 is 36.2. The number of nitrogen functional groups attached to an aromatic ring is 1. The Morgan fingerprint density at radius 3 is 2.24 bits per heavy atom. The lowest BCUT2D eigenvalue weighted by Gasteiger charge is -2.26. The molecule has 0 aliphatic heterocycles. The molecule has 8 heteroatoms. The zero-order chi connectivity index (χ0) is 15.9. The van der Waals surface area contributed by atoms with Gasteiger partial charge in [-0.2, -0.15) is 0 Å². The number of rotatable bonds is 9. The maximum Gasteiger partial charge on any atom is 0.240 e. The van der Waals surface area contributed by atoms with Crippen molar-refractivity contribution in [2.45, 2.75) is 4.90 Å². The highest BCUT2D eigenvalue weighted by molar-refractivity contribution is 7.89. The average Bonchev–Trinajstić information content (AvgIpc) is 2.48. The van der Waals surface area contributed by atoms with Crippen molar-refractivity contribution in [3.63, 3.8) is 0 Å². The Balaban J connectivity index is 3.13. The summed E-state index contributed by atoms with van der Waals surface area (Å²) in [5.41, 5.74) is 7.14. The van der Waals surface area contributed by atoms with Gasteiger partial charge in [0.25, 0.3) is 0 Å². The van der Waals surface area contributed by atoms with E-state index in [1.165, 1.54) is 13.1 Å². The largest absolute Gasteiger partial charge is 0.397 e. The van der Waals surface area contributed by atoms with Crippen LogP contribution < -0.4 is 15.4 Å². The van der Waals surface area contributed by atoms with E-state index in [-0.39, 0.29) is 4.90 Å². The molecule has 0 aliphatic rings. The van der Waals surface area contributed by atoms with Gasteiger partial charge in [0.05, 0.1) is 29.5 Å². The summed E-state index contributed by atoms with van der Waals surface area (Å²) >= 11 is 0. The number of benzene rings is 1. The van der Waals surface area contributed by atoms with E-state index in [1.54, 1.807) is 26.4 Å². The van der Waals surface area contributed by atoms with Gasteiger partial charge in [-0.15, -0.1) is 0 Å². The lowest BCUT2D eigenvalue weighted by atomic mass is 10.2. The van der Waals surface area contributed by atoms with Crippen molar-refractivity contribution in [1.29, 1.82) is 0 Å². The molecule has 0 aliphatic carbocycles. The Kier molecular flexibility index (Phi) is 6.90. The van der Waals surface area contributed by atoms with Gasteiger partial charge in [0, 0.05) is 27.3 Å². The second-order valence-electron chi connectivity index (χ2n) is 4.40. The van der Waals surface area contributed by atoms with Gasteiger partial charge < -0.3 is 20.1 Å². The van der Waals surface area contributed by atoms with Crippen molar-refractivity contribution in [3.8, 4) is 0 Å². The minimum absolute atomic E-state index is 0.175. The molecule has 0 heterocycles. The lowest BCUT2D eigenvalue weighted by molar-refractivity contribution is 0.190. The summed E-state index contributed by atoms with van der Waals surface area (Å²) in [6, 6.07) is 4.63. The Morgan fingerprint density at radius 1 is 1.19 bits per heavy atom. The van der Waals surface area contributed by atoms with Crippen LogP contribution in [0.3, 0.4) is 0 Å². The van der Waals surface area contributed by atoms with Gasteiger partial charge in [0.2, 0.25) is 10.0 Å². The highest BCUT2D eigenvalue weighted by Gasteiger charge is 2.16. The molecule has 1 rings (SSSR count). The van der Waals surface area contributed by atoms with Crippen molar-refractivity contribution < 1.29 is 17.9 Å². The molecule has 0 radical (unpaired) electrons. The zero-order valence-electron chi connectivity index (χ0n) is 12.6. The Labute approximate surface area is 126 Å². The van der Waals surface area contributed by atoms with E-state index in [2.05, 4.69) is 4.72 Å². The summed E-state index contributed by atoms with van der Waals surface area (Å²) in [7, 11) is 1.09. The molecule has 1 aromatic carbocycles. The van der Waals surface area contributed by atoms with Crippen LogP contribution in [0.2, 0.25) is 0 Å². The van der Waals surface area contributed by atoms with Crippen LogP contribution in [-0.4, -0.2) is 56.0 Å². The Bertz CT molecular complexity index is 540. The Morgan fingerprint density at radius 2 is 1.76 bits per heavy atom. The lowest BCUT2D eigenvalue weighted by Crippen LogP contribution is -2.31. The van der Waals surface area contributed by atoms with Crippen molar-refractivity contribution in [2.24, 2.45) is 0 Å². The summed E-state index contributed by atoms with van der Waals surface area (Å²) in [5.74, 6) is 0. The van der Waals surface area contributed by atoms with Crippen LogP contribution in [0.15, 0.2) is 23.1 Å². The molecule has 0 bridgehead atoms. The number of anilines is 2. The number of hydrogen-bond acceptors (Lipinski definition) is 6. The number of nitrogens with zero attached hydrogens (tertiary/aromatic N) is 1. The molecule has 0 amide bonds. The van der Waals surface area contributed by atoms with E-state index in [1.807, 2.05) is 4.90 Å². The van der Waals surface area contributed by atoms with E-state index in [0.717, 1.165) is 0 Å². The summed E-state index contributed by atoms with van der Waals surface area (Å²) in [4.78, 5) is 2.12. The Hall–Kier alpha value is -1.35. The molecule has 0 atom stereocenters. The van der Waals surface area contributed by atoms with E-state index in [4.69, 9.17) is 15.2 Å². The molecule has 0 spiro atoms. The zero-order valence-corrected chi connectivity index (χ0v) is 13.4. The van der Waals surface area contributed by atoms with Crippen molar-refractivity contribution in [1.82, 2.24) is 4.72 Å². The summed E-state index contributed by atoms with van der Waals surface area (Å²) in [6.07, 6.45) is 0. The number of nitrogens with two attached hydrogens (primary N) is 1. The number of nitrogens with one attached hydrogen (secondary N) is 1. The smallest absolute Gasteiger partial charge is 0.240 e. The first-order valence-electron chi connectivity index (χ1n) is 6.52. The van der Waals surface area contributed by atoms with Gasteiger partial charge in [-0.05, 0) is 25.2 Å². The van der Waals surface area contributed by atoms with Crippen molar-refractivity contribution in [3.05, 3.63) is 18.2 Å². The quantitative estimate of drug-likeness (QED) is 0.635. The van der Waals surface area contributed by atoms with Crippen LogP contribution in [0.1, 0.15) is 0 Å². The van der Waals surface area contributed by atoms with E-state index in [9.17, 15) is 8.42 Å². The predicted octanol–water partition coefficient (Wildman–Crippen LogP) is 0.276. The fourth-order valence-corrected chi connectivity index (χ4v) is 2.59. The maximum atomic E-state index is 11.9. The summed E-state index contributed by atoms with van der Waals surface area (Å²) in [6.45, 7) is 2.19. The van der Waals surface area contributed by atoms with Gasteiger partial charge in [-0.25, -0.2) is 13.1 Å². The molecule has 0 fully saturated rings. The van der Waals surface area contributed by atoms with Crippen LogP contribution in [0.25, 0.3) is 0 Å². The van der Waals surface area contributed by atoms with Crippen molar-refractivity contribution in [2.75, 3.05) is 58.2 Å². The van der Waals surface area contributed by atoms with Crippen LogP contribution in [0.5, 0.6) is 0 Å². The van der Waals surface area contributed by atoms with E-state index in [0.29, 0.717) is 37.7 Å². The van der Waals surface area contributed by atoms with Crippen LogP contribution in [0, 0.1) is 0 Å². The number of hydrogen-bond donors (Lipinski definition) is 2. The number of sulfonamides is 1. The van der Waals surface area contributed by atoms with Gasteiger partial charge in [-0.3, -0.25) is 0 Å². The highest BCUT2D eigenvalue weighted by Crippen LogP contribution is 2.26. The first kappa shape index (κ1) is 17.7. The average molecular weight is 317 g/mol. The first-order valence-corrected chi connectivity index (χ1v) is 8.00. The van der Waals surface area contributed by atoms with Gasteiger partial charge in [0.1, 0.15) is 0 Å². The van der Waals surface area contributed by atoms with Crippen LogP contribution >= 0.6 is 0 Å². The number of methoxy groups -OCH3 is 2. The van der Waals surface area contributed by atoms with Gasteiger partial charge in [0.15, 0.2) is 0 Å². The predicted molar refractivity (Wildman–Crippen MR) is 83.1 cm³/mol. The SMILES string of the molecule is CNS(=O)(=O)c1ccc(N)c(N(CCOC)CCOC)c1. The molecule has 0 unspecified atom stereocenters. The van der Waals surface area contributed by atoms with E-state index < -0.39 is 10.0 Å². The molecule has 21 heavy (non-hydrogen) atoms. The van der Waals surface area contributed by atoms with Gasteiger partial charge >= 0.3 is 0 Å². The molecule has 1 aromatic rings. The second kappa shape index (κ2) is 8.18. The van der Waals surface area contributed by atoms with Crippen molar-refractivity contribution >= 4 is 21.4 Å². The molecule has 120 valence electrons. The third-order valence-corrected chi connectivity index (χ3v) is 4.46. The second-order valence-corrected chi connectivity index (χ2v) is 6.29. The normalized spacial score (nSPS) is 11.6. The standard InChI is InChI=1S/C13H23N3O4S/c1-15-21(17,18)11-4-5-12(14)13(10-11)16(6-8-19-2)7-9-20-3/h4-5,10,15H,6-9,14H2,1-3H3. The maximum absolute atomic E-state index is 11.9. The molecular formula is C13H23N3O4S. The monoisotopic (exact) mass is 317 g/mol. The first-order chi connectivity index (χ1) is 9.96. The third-order valence-electron chi connectivity index (χ3n) is 3.05. The minimum atomic E-state index is -3.51. The molecule has 0 aromatic heterocycles. The molecule has 0 saturated heterocycles. The van der Waals surface area contributed by atoms with Crippen LogP contribution in [-0.2, 0) is 19.5 Å². The molecule has 3 N–H and O–H groups in total. The number of ether oxygens (including phenoxy) is 2. The molecule has 7 nitrogen and oxygen atoms in total. The molecular weight excluding hydrogens is 294 g/mol. The van der Waals surface area contributed by atoms with E-state index >= 15 is 0 Å². The fourth-order valence-electron chi connectivity index (χ4n) is 1.84. The van der Waals surface area contributed by atoms with Gasteiger partial charge in [-0.1, -0.05) is 0 Å². The summed E-state index contributed by atoms with van der Waals surface area (Å²) in [5, 5.41) is 0. The molecule has 0 saturated carbocycles. The topological polar surface area (TPSA) is 93.9 Å². The third kappa shape index (κ3) is 4.85. The fraction of sp³-hybridized carbons (Fsp3) is 0.538. The minimum Gasteiger partial charge on any atom is -0.397 e. The van der Waals surface area contributed by atoms with Crippen LogP contribution in [0.4, 0.5) is 11.4 Å². The highest BCUT2D eigenvalue weighted by atomic mass is 32.2.